The summed E-state index contributed by atoms with van der Waals surface area (Å²) in [5, 5.41) is 11.9. The summed E-state index contributed by atoms with van der Waals surface area (Å²) in [6.45, 7) is 10.9. The second-order valence-corrected chi connectivity index (χ2v) is 10.4. The number of pyridine rings is 1. The SMILES string of the molecule is CC(C)(C)OC(=O)N[C@@H]1CCC[C@H](c2nnc3cc(C(=O)OC(C)(C)C)cc(Cl)n23)C1. The van der Waals surface area contributed by atoms with Gasteiger partial charge in [0.25, 0.3) is 0 Å². The minimum atomic E-state index is -0.604. The zero-order chi connectivity index (χ0) is 23.0. The first-order chi connectivity index (χ1) is 14.3. The number of hydrogen-bond donors (Lipinski definition) is 1. The number of ether oxygens (including phenoxy) is 2. The van der Waals surface area contributed by atoms with Crippen LogP contribution in [0.2, 0.25) is 5.15 Å². The van der Waals surface area contributed by atoms with Crippen molar-refractivity contribution in [3.63, 3.8) is 0 Å². The van der Waals surface area contributed by atoms with Crippen molar-refractivity contribution in [1.29, 1.82) is 0 Å². The number of hydrogen-bond acceptors (Lipinski definition) is 6. The number of rotatable bonds is 3. The average molecular weight is 451 g/mol. The normalized spacial score (nSPS) is 19.8. The predicted molar refractivity (Wildman–Crippen MR) is 118 cm³/mol. The Morgan fingerprint density at radius 1 is 1.06 bits per heavy atom. The lowest BCUT2D eigenvalue weighted by Gasteiger charge is -2.30. The van der Waals surface area contributed by atoms with Crippen LogP contribution in [0.4, 0.5) is 4.79 Å². The average Bonchev–Trinajstić information content (AvgIpc) is 3.03. The molecule has 1 saturated carbocycles. The molecule has 2 atom stereocenters. The zero-order valence-corrected chi connectivity index (χ0v) is 19.7. The first kappa shape index (κ1) is 23.3. The fourth-order valence-electron chi connectivity index (χ4n) is 3.74. The molecule has 1 fully saturated rings. The Morgan fingerprint density at radius 2 is 1.74 bits per heavy atom. The Hall–Kier alpha value is -2.35. The van der Waals surface area contributed by atoms with Crippen molar-refractivity contribution in [2.75, 3.05) is 0 Å². The fraction of sp³-hybridized carbons (Fsp3) is 0.636. The van der Waals surface area contributed by atoms with Crippen molar-refractivity contribution < 1.29 is 19.1 Å². The molecule has 0 radical (unpaired) electrons. The maximum Gasteiger partial charge on any atom is 0.407 e. The third-order valence-electron chi connectivity index (χ3n) is 4.88. The molecule has 3 rings (SSSR count). The molecule has 0 spiro atoms. The van der Waals surface area contributed by atoms with Gasteiger partial charge in [-0.25, -0.2) is 9.59 Å². The molecule has 31 heavy (non-hydrogen) atoms. The summed E-state index contributed by atoms with van der Waals surface area (Å²) < 4.78 is 12.6. The molecule has 8 nitrogen and oxygen atoms in total. The lowest BCUT2D eigenvalue weighted by atomic mass is 9.85. The standard InChI is InChI=1S/C22H31ClN4O4/c1-21(2,3)30-19(28)14-11-16(23)27-17(12-14)25-26-18(27)13-8-7-9-15(10-13)24-20(29)31-22(4,5)6/h11-13,15H,7-10H2,1-6H3,(H,24,29)/t13-,15+/m0/s1. The van der Waals surface area contributed by atoms with E-state index in [0.29, 0.717) is 22.8 Å². The van der Waals surface area contributed by atoms with E-state index in [0.717, 1.165) is 25.1 Å². The van der Waals surface area contributed by atoms with Crippen LogP contribution < -0.4 is 5.32 Å². The Bertz CT molecular complexity index is 974. The Morgan fingerprint density at radius 3 is 2.39 bits per heavy atom. The molecule has 0 unspecified atom stereocenters. The van der Waals surface area contributed by atoms with Crippen LogP contribution in [0.1, 0.15) is 89.3 Å². The largest absolute Gasteiger partial charge is 0.456 e. The van der Waals surface area contributed by atoms with E-state index in [1.165, 1.54) is 0 Å². The molecule has 2 heterocycles. The van der Waals surface area contributed by atoms with Gasteiger partial charge in [-0.05, 0) is 72.9 Å². The van der Waals surface area contributed by atoms with Crippen LogP contribution in [0.15, 0.2) is 12.1 Å². The van der Waals surface area contributed by atoms with Crippen LogP contribution >= 0.6 is 11.6 Å². The van der Waals surface area contributed by atoms with Crippen molar-refractivity contribution in [3.8, 4) is 0 Å². The van der Waals surface area contributed by atoms with Gasteiger partial charge >= 0.3 is 12.1 Å². The number of nitrogens with one attached hydrogen (secondary N) is 1. The summed E-state index contributed by atoms with van der Waals surface area (Å²) in [7, 11) is 0. The number of nitrogens with zero attached hydrogens (tertiary/aromatic N) is 3. The first-order valence-corrected chi connectivity index (χ1v) is 11.0. The molecular weight excluding hydrogens is 420 g/mol. The highest BCUT2D eigenvalue weighted by Gasteiger charge is 2.30. The van der Waals surface area contributed by atoms with Crippen molar-refractivity contribution in [2.45, 2.75) is 90.4 Å². The van der Waals surface area contributed by atoms with Gasteiger partial charge in [0, 0.05) is 12.0 Å². The number of esters is 1. The Kier molecular flexibility index (Phi) is 6.51. The van der Waals surface area contributed by atoms with E-state index in [9.17, 15) is 9.59 Å². The van der Waals surface area contributed by atoms with E-state index in [1.807, 2.05) is 41.5 Å². The Balaban J connectivity index is 1.78. The van der Waals surface area contributed by atoms with E-state index in [-0.39, 0.29) is 12.0 Å². The van der Waals surface area contributed by atoms with Crippen molar-refractivity contribution in [1.82, 2.24) is 19.9 Å². The van der Waals surface area contributed by atoms with E-state index in [2.05, 4.69) is 15.5 Å². The van der Waals surface area contributed by atoms with Gasteiger partial charge in [0.05, 0.1) is 5.56 Å². The number of fused-ring (bicyclic) bond motifs is 1. The van der Waals surface area contributed by atoms with E-state index in [1.54, 1.807) is 16.5 Å². The van der Waals surface area contributed by atoms with Crippen LogP contribution in [0.3, 0.4) is 0 Å². The van der Waals surface area contributed by atoms with Gasteiger partial charge in [0.1, 0.15) is 22.2 Å². The summed E-state index contributed by atoms with van der Waals surface area (Å²) in [5.74, 6) is 0.348. The van der Waals surface area contributed by atoms with E-state index in [4.69, 9.17) is 21.1 Å². The highest BCUT2D eigenvalue weighted by atomic mass is 35.5. The summed E-state index contributed by atoms with van der Waals surface area (Å²) in [5.41, 5.74) is -0.321. The van der Waals surface area contributed by atoms with Gasteiger partial charge in [0.15, 0.2) is 5.65 Å². The summed E-state index contributed by atoms with van der Waals surface area (Å²) >= 11 is 6.52. The van der Waals surface area contributed by atoms with E-state index >= 15 is 0 Å². The molecule has 0 aromatic carbocycles. The summed E-state index contributed by atoms with van der Waals surface area (Å²) in [6, 6.07) is 3.20. The second kappa shape index (κ2) is 8.65. The number of carbonyl (C=O) groups excluding carboxylic acids is 2. The monoisotopic (exact) mass is 450 g/mol. The lowest BCUT2D eigenvalue weighted by molar-refractivity contribution is 0.00691. The van der Waals surface area contributed by atoms with Gasteiger partial charge in [-0.2, -0.15) is 0 Å². The van der Waals surface area contributed by atoms with Crippen LogP contribution in [0.25, 0.3) is 5.65 Å². The predicted octanol–water partition coefficient (Wildman–Crippen LogP) is 4.89. The molecule has 1 N–H and O–H groups in total. The number of carbonyl (C=O) groups is 2. The van der Waals surface area contributed by atoms with Gasteiger partial charge in [0.2, 0.25) is 0 Å². The molecule has 1 aliphatic rings. The Labute approximate surface area is 187 Å². The highest BCUT2D eigenvalue weighted by Crippen LogP contribution is 2.34. The first-order valence-electron chi connectivity index (χ1n) is 10.6. The van der Waals surface area contributed by atoms with Crippen LogP contribution in [-0.4, -0.2) is 43.9 Å². The maximum atomic E-state index is 12.4. The molecule has 2 aromatic rings. The minimum Gasteiger partial charge on any atom is -0.456 e. The topological polar surface area (TPSA) is 94.8 Å². The van der Waals surface area contributed by atoms with Crippen LogP contribution in [0.5, 0.6) is 0 Å². The van der Waals surface area contributed by atoms with Gasteiger partial charge in [-0.15, -0.1) is 10.2 Å². The summed E-state index contributed by atoms with van der Waals surface area (Å²) in [6.07, 6.45) is 3.03. The quantitative estimate of drug-likeness (QED) is 0.528. The molecule has 1 amide bonds. The molecule has 0 aliphatic heterocycles. The molecular formula is C22H31ClN4O4. The molecule has 0 saturated heterocycles. The molecule has 1 aliphatic carbocycles. The van der Waals surface area contributed by atoms with Crippen molar-refractivity contribution >= 4 is 29.3 Å². The van der Waals surface area contributed by atoms with Crippen molar-refractivity contribution in [2.24, 2.45) is 0 Å². The number of alkyl carbamates (subject to hydrolysis) is 1. The van der Waals surface area contributed by atoms with Crippen molar-refractivity contribution in [3.05, 3.63) is 28.7 Å². The van der Waals surface area contributed by atoms with Crippen LogP contribution in [-0.2, 0) is 9.47 Å². The molecule has 170 valence electrons. The van der Waals surface area contributed by atoms with Gasteiger partial charge in [-0.3, -0.25) is 4.40 Å². The van der Waals surface area contributed by atoms with Gasteiger partial charge in [-0.1, -0.05) is 18.0 Å². The number of amides is 1. The highest BCUT2D eigenvalue weighted by molar-refractivity contribution is 6.30. The van der Waals surface area contributed by atoms with Gasteiger partial charge < -0.3 is 14.8 Å². The van der Waals surface area contributed by atoms with E-state index < -0.39 is 23.3 Å². The second-order valence-electron chi connectivity index (χ2n) is 10.0. The smallest absolute Gasteiger partial charge is 0.407 e. The zero-order valence-electron chi connectivity index (χ0n) is 19.0. The third kappa shape index (κ3) is 6.09. The fourth-order valence-corrected chi connectivity index (χ4v) is 4.03. The van der Waals surface area contributed by atoms with Crippen LogP contribution in [0, 0.1) is 0 Å². The molecule has 0 bridgehead atoms. The number of aromatic nitrogens is 3. The maximum absolute atomic E-state index is 12.4. The third-order valence-corrected chi connectivity index (χ3v) is 5.16. The number of halogens is 1. The minimum absolute atomic E-state index is 0.0132. The lowest BCUT2D eigenvalue weighted by Crippen LogP contribution is -2.41. The summed E-state index contributed by atoms with van der Waals surface area (Å²) in [4.78, 5) is 24.6. The molecule has 9 heteroatoms. The molecule has 2 aromatic heterocycles.